The molecule has 0 radical (unpaired) electrons. The molecule has 1 N–H and O–H groups in total. The van der Waals surface area contributed by atoms with Crippen LogP contribution >= 0.6 is 0 Å². The molecule has 1 aliphatic heterocycles. The van der Waals surface area contributed by atoms with E-state index in [1.54, 1.807) is 0 Å². The number of nitrogens with zero attached hydrogens (tertiary/aromatic N) is 1. The smallest absolute Gasteiger partial charge is 0.0224 e. The first-order chi connectivity index (χ1) is 8.31. The van der Waals surface area contributed by atoms with Crippen LogP contribution in [0, 0.1) is 5.92 Å². The summed E-state index contributed by atoms with van der Waals surface area (Å²) in [7, 11) is 0. The second kappa shape index (κ2) is 6.75. The van der Waals surface area contributed by atoms with E-state index in [4.69, 9.17) is 0 Å². The Morgan fingerprint density at radius 2 is 1.82 bits per heavy atom. The van der Waals surface area contributed by atoms with E-state index in [9.17, 15) is 0 Å². The van der Waals surface area contributed by atoms with Gasteiger partial charge >= 0.3 is 0 Å². The summed E-state index contributed by atoms with van der Waals surface area (Å²) in [6.07, 6.45) is 9.88. The highest BCUT2D eigenvalue weighted by Crippen LogP contribution is 2.29. The van der Waals surface area contributed by atoms with Gasteiger partial charge in [0.2, 0.25) is 0 Å². The van der Waals surface area contributed by atoms with Gasteiger partial charge in [-0.25, -0.2) is 0 Å². The van der Waals surface area contributed by atoms with E-state index in [0.29, 0.717) is 0 Å². The summed E-state index contributed by atoms with van der Waals surface area (Å²) in [5, 5.41) is 3.58. The fraction of sp³-hybridized carbons (Fsp3) is 1.00. The van der Waals surface area contributed by atoms with Crippen LogP contribution in [0.3, 0.4) is 0 Å². The lowest BCUT2D eigenvalue weighted by molar-refractivity contribution is 0.0787. The Morgan fingerprint density at radius 1 is 1.06 bits per heavy atom. The molecule has 0 amide bonds. The Hall–Kier alpha value is -0.0800. The molecule has 0 bridgehead atoms. The van der Waals surface area contributed by atoms with Crippen molar-refractivity contribution in [1.82, 2.24) is 10.2 Å². The lowest BCUT2D eigenvalue weighted by atomic mass is 9.85. The molecule has 0 aromatic carbocycles. The Labute approximate surface area is 107 Å². The molecule has 1 saturated carbocycles. The van der Waals surface area contributed by atoms with Crippen LogP contribution in [0.1, 0.15) is 58.8 Å². The first kappa shape index (κ1) is 13.4. The van der Waals surface area contributed by atoms with E-state index in [1.807, 2.05) is 0 Å². The molecule has 2 nitrogen and oxygen atoms in total. The van der Waals surface area contributed by atoms with Gasteiger partial charge in [-0.05, 0) is 64.0 Å². The van der Waals surface area contributed by atoms with Crippen LogP contribution in [0.4, 0.5) is 0 Å². The van der Waals surface area contributed by atoms with Crippen molar-refractivity contribution in [3.63, 3.8) is 0 Å². The summed E-state index contributed by atoms with van der Waals surface area (Å²) in [4.78, 5) is 2.85. The molecule has 1 aliphatic carbocycles. The van der Waals surface area contributed by atoms with Crippen molar-refractivity contribution in [2.75, 3.05) is 19.6 Å². The standard InChI is InChI=1S/C15H30N2/c1-3-11-17(15-5-4-10-16-12-15)14-8-6-13(2)7-9-14/h13-16H,3-12H2,1-2H3. The van der Waals surface area contributed by atoms with Gasteiger partial charge in [-0.1, -0.05) is 13.8 Å². The molecule has 0 aromatic heterocycles. The highest BCUT2D eigenvalue weighted by atomic mass is 15.2. The molecular formula is C15H30N2. The van der Waals surface area contributed by atoms with Gasteiger partial charge in [0.15, 0.2) is 0 Å². The topological polar surface area (TPSA) is 15.3 Å². The third-order valence-corrected chi connectivity index (χ3v) is 4.68. The maximum Gasteiger partial charge on any atom is 0.0224 e. The molecule has 1 unspecified atom stereocenters. The predicted molar refractivity (Wildman–Crippen MR) is 74.3 cm³/mol. The zero-order chi connectivity index (χ0) is 12.1. The second-order valence-electron chi connectivity index (χ2n) is 6.15. The van der Waals surface area contributed by atoms with E-state index < -0.39 is 0 Å². The lowest BCUT2D eigenvalue weighted by Crippen LogP contribution is -2.51. The predicted octanol–water partition coefficient (Wildman–Crippen LogP) is 3.03. The Balaban J connectivity index is 1.90. The molecule has 17 heavy (non-hydrogen) atoms. The highest BCUT2D eigenvalue weighted by molar-refractivity contribution is 4.86. The van der Waals surface area contributed by atoms with Crippen molar-refractivity contribution in [3.8, 4) is 0 Å². The van der Waals surface area contributed by atoms with Gasteiger partial charge in [-0.3, -0.25) is 4.90 Å². The van der Waals surface area contributed by atoms with Crippen LogP contribution in [-0.2, 0) is 0 Å². The number of hydrogen-bond acceptors (Lipinski definition) is 2. The van der Waals surface area contributed by atoms with Crippen LogP contribution in [-0.4, -0.2) is 36.6 Å². The second-order valence-corrected chi connectivity index (χ2v) is 6.15. The summed E-state index contributed by atoms with van der Waals surface area (Å²) in [5.41, 5.74) is 0. The molecule has 0 spiro atoms. The minimum absolute atomic E-state index is 0.821. The van der Waals surface area contributed by atoms with E-state index in [-0.39, 0.29) is 0 Å². The summed E-state index contributed by atoms with van der Waals surface area (Å²) in [5.74, 6) is 0.971. The van der Waals surface area contributed by atoms with E-state index in [2.05, 4.69) is 24.1 Å². The van der Waals surface area contributed by atoms with Crippen molar-refractivity contribution in [3.05, 3.63) is 0 Å². The average Bonchev–Trinajstić information content (AvgIpc) is 2.38. The van der Waals surface area contributed by atoms with Crippen LogP contribution in [0.5, 0.6) is 0 Å². The van der Waals surface area contributed by atoms with Gasteiger partial charge in [0.05, 0.1) is 0 Å². The molecule has 2 heteroatoms. The molecule has 1 heterocycles. The summed E-state index contributed by atoms with van der Waals surface area (Å²) < 4.78 is 0. The summed E-state index contributed by atoms with van der Waals surface area (Å²) >= 11 is 0. The highest BCUT2D eigenvalue weighted by Gasteiger charge is 2.29. The fourth-order valence-corrected chi connectivity index (χ4v) is 3.61. The molecular weight excluding hydrogens is 208 g/mol. The van der Waals surface area contributed by atoms with Crippen LogP contribution in [0.2, 0.25) is 0 Å². The SMILES string of the molecule is CCCN(C1CCC(C)CC1)C1CCCNC1. The largest absolute Gasteiger partial charge is 0.315 e. The van der Waals surface area contributed by atoms with Crippen LogP contribution in [0.15, 0.2) is 0 Å². The van der Waals surface area contributed by atoms with Gasteiger partial charge in [-0.15, -0.1) is 0 Å². The van der Waals surface area contributed by atoms with Gasteiger partial charge in [0.25, 0.3) is 0 Å². The Bertz CT molecular complexity index is 203. The summed E-state index contributed by atoms with van der Waals surface area (Å²) in [6.45, 7) is 8.52. The number of piperidine rings is 1. The maximum atomic E-state index is 3.58. The van der Waals surface area contributed by atoms with Crippen molar-refractivity contribution < 1.29 is 0 Å². The quantitative estimate of drug-likeness (QED) is 0.810. The van der Waals surface area contributed by atoms with Crippen LogP contribution < -0.4 is 5.32 Å². The third kappa shape index (κ3) is 3.69. The molecule has 1 saturated heterocycles. The third-order valence-electron chi connectivity index (χ3n) is 4.68. The van der Waals surface area contributed by atoms with Gasteiger partial charge in [0, 0.05) is 18.6 Å². The van der Waals surface area contributed by atoms with Crippen molar-refractivity contribution in [1.29, 1.82) is 0 Å². The minimum atomic E-state index is 0.821. The first-order valence-electron chi connectivity index (χ1n) is 7.77. The molecule has 100 valence electrons. The van der Waals surface area contributed by atoms with Crippen molar-refractivity contribution in [2.45, 2.75) is 70.9 Å². The van der Waals surface area contributed by atoms with Gasteiger partial charge in [-0.2, -0.15) is 0 Å². The van der Waals surface area contributed by atoms with E-state index in [0.717, 1.165) is 18.0 Å². The van der Waals surface area contributed by atoms with Gasteiger partial charge in [0.1, 0.15) is 0 Å². The zero-order valence-corrected chi connectivity index (χ0v) is 11.8. The van der Waals surface area contributed by atoms with E-state index >= 15 is 0 Å². The minimum Gasteiger partial charge on any atom is -0.315 e. The van der Waals surface area contributed by atoms with Gasteiger partial charge < -0.3 is 5.32 Å². The number of nitrogens with one attached hydrogen (secondary N) is 1. The number of rotatable bonds is 4. The van der Waals surface area contributed by atoms with Crippen molar-refractivity contribution in [2.24, 2.45) is 5.92 Å². The fourth-order valence-electron chi connectivity index (χ4n) is 3.61. The van der Waals surface area contributed by atoms with E-state index in [1.165, 1.54) is 64.6 Å². The lowest BCUT2D eigenvalue weighted by Gasteiger charge is -2.42. The Morgan fingerprint density at radius 3 is 2.41 bits per heavy atom. The molecule has 2 fully saturated rings. The molecule has 1 atom stereocenters. The average molecular weight is 238 g/mol. The van der Waals surface area contributed by atoms with Crippen LogP contribution in [0.25, 0.3) is 0 Å². The maximum absolute atomic E-state index is 3.58. The molecule has 2 aliphatic rings. The molecule has 2 rings (SSSR count). The normalized spacial score (nSPS) is 35.1. The molecule has 0 aromatic rings. The number of hydrogen-bond donors (Lipinski definition) is 1. The monoisotopic (exact) mass is 238 g/mol. The summed E-state index contributed by atoms with van der Waals surface area (Å²) in [6, 6.07) is 1.71. The Kier molecular flexibility index (Phi) is 5.30. The first-order valence-corrected chi connectivity index (χ1v) is 7.77. The van der Waals surface area contributed by atoms with Crippen molar-refractivity contribution >= 4 is 0 Å². The zero-order valence-electron chi connectivity index (χ0n) is 11.8.